The zero-order chi connectivity index (χ0) is 11.1. The number of hydrogen-bond acceptors (Lipinski definition) is 3. The van der Waals surface area contributed by atoms with Crippen molar-refractivity contribution in [3.63, 3.8) is 0 Å². The van der Waals surface area contributed by atoms with Crippen LogP contribution in [0.5, 0.6) is 0 Å². The molecule has 0 aliphatic heterocycles. The lowest BCUT2D eigenvalue weighted by molar-refractivity contribution is -0.120. The van der Waals surface area contributed by atoms with Crippen molar-refractivity contribution in [1.29, 1.82) is 0 Å². The van der Waals surface area contributed by atoms with E-state index in [1.54, 1.807) is 6.20 Å². The van der Waals surface area contributed by atoms with Gasteiger partial charge in [0.2, 0.25) is 5.91 Å². The smallest absolute Gasteiger partial charge is 0.226 e. The third-order valence-corrected chi connectivity index (χ3v) is 2.10. The predicted molar refractivity (Wildman–Crippen MR) is 57.4 cm³/mol. The van der Waals surface area contributed by atoms with Gasteiger partial charge in [-0.2, -0.15) is 0 Å². The van der Waals surface area contributed by atoms with Crippen molar-refractivity contribution in [3.05, 3.63) is 29.6 Å². The number of pyridine rings is 1. The van der Waals surface area contributed by atoms with Crippen LogP contribution in [0, 0.1) is 6.92 Å². The highest BCUT2D eigenvalue weighted by Crippen LogP contribution is 2.03. The van der Waals surface area contributed by atoms with Crippen LogP contribution in [0.3, 0.4) is 0 Å². The van der Waals surface area contributed by atoms with Gasteiger partial charge < -0.3 is 10.4 Å². The lowest BCUT2D eigenvalue weighted by Crippen LogP contribution is -2.27. The number of amides is 1. The number of hydrogen-bond donors (Lipinski definition) is 2. The molecule has 1 amide bonds. The van der Waals surface area contributed by atoms with Crippen LogP contribution in [0.2, 0.25) is 0 Å². The molecule has 0 aliphatic carbocycles. The number of carbonyl (C=O) groups excluding carboxylic acids is 1. The largest absolute Gasteiger partial charge is 0.396 e. The van der Waals surface area contributed by atoms with E-state index in [2.05, 4.69) is 10.3 Å². The number of aryl methyl sites for hydroxylation is 1. The average Bonchev–Trinajstić information content (AvgIpc) is 2.22. The number of nitrogens with zero attached hydrogens (tertiary/aromatic N) is 1. The number of aliphatic hydroxyl groups is 1. The fraction of sp³-hybridized carbons (Fsp3) is 0.455. The van der Waals surface area contributed by atoms with E-state index in [9.17, 15) is 4.79 Å². The molecule has 0 radical (unpaired) electrons. The third-order valence-electron chi connectivity index (χ3n) is 2.10. The minimum atomic E-state index is -0.0507. The van der Waals surface area contributed by atoms with Gasteiger partial charge in [0.05, 0.1) is 12.1 Å². The Morgan fingerprint density at radius 1 is 1.60 bits per heavy atom. The lowest BCUT2D eigenvalue weighted by Gasteiger charge is -2.05. The first-order chi connectivity index (χ1) is 7.24. The Morgan fingerprint density at radius 3 is 3.07 bits per heavy atom. The molecule has 0 saturated carbocycles. The van der Waals surface area contributed by atoms with Crippen LogP contribution in [-0.4, -0.2) is 29.1 Å². The zero-order valence-corrected chi connectivity index (χ0v) is 8.86. The molecule has 4 nitrogen and oxygen atoms in total. The first kappa shape index (κ1) is 11.7. The molecule has 2 N–H and O–H groups in total. The third kappa shape index (κ3) is 4.08. The van der Waals surface area contributed by atoms with E-state index in [1.807, 2.05) is 19.1 Å². The van der Waals surface area contributed by atoms with E-state index >= 15 is 0 Å². The van der Waals surface area contributed by atoms with Gasteiger partial charge in [-0.05, 0) is 25.0 Å². The monoisotopic (exact) mass is 208 g/mol. The first-order valence-electron chi connectivity index (χ1n) is 5.02. The fourth-order valence-corrected chi connectivity index (χ4v) is 1.22. The summed E-state index contributed by atoms with van der Waals surface area (Å²) in [6.07, 6.45) is 2.58. The molecule has 4 heteroatoms. The van der Waals surface area contributed by atoms with Crippen molar-refractivity contribution in [3.8, 4) is 0 Å². The Labute approximate surface area is 89.3 Å². The Bertz CT molecular complexity index is 326. The van der Waals surface area contributed by atoms with Crippen molar-refractivity contribution in [2.24, 2.45) is 0 Å². The SMILES string of the molecule is Cc1cccnc1CC(=O)NCCCO. The van der Waals surface area contributed by atoms with Crippen LogP contribution in [0.4, 0.5) is 0 Å². The van der Waals surface area contributed by atoms with Crippen LogP contribution in [0.25, 0.3) is 0 Å². The summed E-state index contributed by atoms with van der Waals surface area (Å²) in [5, 5.41) is 11.3. The highest BCUT2D eigenvalue weighted by molar-refractivity contribution is 5.78. The summed E-state index contributed by atoms with van der Waals surface area (Å²) in [7, 11) is 0. The fourth-order valence-electron chi connectivity index (χ4n) is 1.22. The van der Waals surface area contributed by atoms with E-state index in [0.29, 0.717) is 19.4 Å². The van der Waals surface area contributed by atoms with Crippen molar-refractivity contribution >= 4 is 5.91 Å². The highest BCUT2D eigenvalue weighted by atomic mass is 16.3. The Balaban J connectivity index is 2.41. The van der Waals surface area contributed by atoms with Gasteiger partial charge in [0.25, 0.3) is 0 Å². The van der Waals surface area contributed by atoms with Crippen molar-refractivity contribution in [2.75, 3.05) is 13.2 Å². The molecule has 1 aromatic rings. The van der Waals surface area contributed by atoms with Crippen LogP contribution in [-0.2, 0) is 11.2 Å². The molecule has 0 aliphatic rings. The summed E-state index contributed by atoms with van der Waals surface area (Å²) in [5.74, 6) is -0.0507. The Kier molecular flexibility index (Phi) is 4.77. The van der Waals surface area contributed by atoms with E-state index in [4.69, 9.17) is 5.11 Å². The quantitative estimate of drug-likeness (QED) is 0.690. The van der Waals surface area contributed by atoms with E-state index in [0.717, 1.165) is 11.3 Å². The van der Waals surface area contributed by atoms with E-state index in [1.165, 1.54) is 0 Å². The molecule has 82 valence electrons. The van der Waals surface area contributed by atoms with Crippen molar-refractivity contribution < 1.29 is 9.90 Å². The maximum atomic E-state index is 11.4. The minimum Gasteiger partial charge on any atom is -0.396 e. The topological polar surface area (TPSA) is 62.2 Å². The van der Waals surface area contributed by atoms with Gasteiger partial charge in [-0.15, -0.1) is 0 Å². The molecule has 0 spiro atoms. The molecule has 1 heterocycles. The second-order valence-corrected chi connectivity index (χ2v) is 3.37. The maximum absolute atomic E-state index is 11.4. The molecule has 1 aromatic heterocycles. The predicted octanol–water partition coefficient (Wildman–Crippen LogP) is 0.431. The van der Waals surface area contributed by atoms with Crippen LogP contribution < -0.4 is 5.32 Å². The number of nitrogens with one attached hydrogen (secondary N) is 1. The normalized spacial score (nSPS) is 10.0. The summed E-state index contributed by atoms with van der Waals surface area (Å²) in [6, 6.07) is 3.78. The second-order valence-electron chi connectivity index (χ2n) is 3.37. The summed E-state index contributed by atoms with van der Waals surface area (Å²) < 4.78 is 0. The van der Waals surface area contributed by atoms with Crippen LogP contribution in [0.15, 0.2) is 18.3 Å². The van der Waals surface area contributed by atoms with Gasteiger partial charge in [0.1, 0.15) is 0 Å². The highest BCUT2D eigenvalue weighted by Gasteiger charge is 2.05. The molecular weight excluding hydrogens is 192 g/mol. The standard InChI is InChI=1S/C11H16N2O2/c1-9-4-2-5-12-10(9)8-11(15)13-6-3-7-14/h2,4-5,14H,3,6-8H2,1H3,(H,13,15). The van der Waals surface area contributed by atoms with E-state index in [-0.39, 0.29) is 12.5 Å². The van der Waals surface area contributed by atoms with Gasteiger partial charge in [0, 0.05) is 19.3 Å². The molecule has 0 bridgehead atoms. The first-order valence-corrected chi connectivity index (χ1v) is 5.02. The summed E-state index contributed by atoms with van der Waals surface area (Å²) in [4.78, 5) is 15.5. The molecule has 0 aromatic carbocycles. The average molecular weight is 208 g/mol. The molecule has 15 heavy (non-hydrogen) atoms. The van der Waals surface area contributed by atoms with Gasteiger partial charge in [-0.1, -0.05) is 6.07 Å². The number of carbonyl (C=O) groups is 1. The maximum Gasteiger partial charge on any atom is 0.226 e. The van der Waals surface area contributed by atoms with Gasteiger partial charge in [-0.3, -0.25) is 9.78 Å². The molecule has 1 rings (SSSR count). The minimum absolute atomic E-state index is 0.0507. The zero-order valence-electron chi connectivity index (χ0n) is 8.86. The second kappa shape index (κ2) is 6.14. The number of rotatable bonds is 5. The summed E-state index contributed by atoms with van der Waals surface area (Å²) >= 11 is 0. The number of aromatic nitrogens is 1. The van der Waals surface area contributed by atoms with Crippen molar-refractivity contribution in [1.82, 2.24) is 10.3 Å². The van der Waals surface area contributed by atoms with Gasteiger partial charge in [0.15, 0.2) is 0 Å². The molecule has 0 saturated heterocycles. The van der Waals surface area contributed by atoms with Crippen LogP contribution >= 0.6 is 0 Å². The van der Waals surface area contributed by atoms with Gasteiger partial charge in [-0.25, -0.2) is 0 Å². The molecule has 0 fully saturated rings. The Hall–Kier alpha value is -1.42. The number of aliphatic hydroxyl groups excluding tert-OH is 1. The Morgan fingerprint density at radius 2 is 2.40 bits per heavy atom. The summed E-state index contributed by atoms with van der Waals surface area (Å²) in [5.41, 5.74) is 1.83. The molecule has 0 unspecified atom stereocenters. The van der Waals surface area contributed by atoms with E-state index < -0.39 is 0 Å². The summed E-state index contributed by atoms with van der Waals surface area (Å²) in [6.45, 7) is 2.55. The van der Waals surface area contributed by atoms with Crippen molar-refractivity contribution in [2.45, 2.75) is 19.8 Å². The van der Waals surface area contributed by atoms with Gasteiger partial charge >= 0.3 is 0 Å². The van der Waals surface area contributed by atoms with Crippen LogP contribution in [0.1, 0.15) is 17.7 Å². The lowest BCUT2D eigenvalue weighted by atomic mass is 10.1. The molecule has 0 atom stereocenters. The molecular formula is C11H16N2O2.